The fraction of sp³-hybridized carbons (Fsp3) is 0.417. The predicted molar refractivity (Wildman–Crippen MR) is 86.3 cm³/mol. The standard InChI is InChI=1S/C12H14Cl2N2O5S2/c13-9-4-10(14)6-11(5-9)23(20,21)16-15-12(17)3-8-1-2-22(18,19)7-8/h4-6,8,16H,1-3,7H2,(H,15,17)/t8-/m0/s1. The van der Waals surface area contributed by atoms with Gasteiger partial charge in [-0.15, -0.1) is 4.83 Å². The second-order valence-corrected chi connectivity index (χ2v) is 10.0. The molecule has 1 amide bonds. The van der Waals surface area contributed by atoms with Crippen LogP contribution < -0.4 is 10.3 Å². The molecule has 23 heavy (non-hydrogen) atoms. The minimum atomic E-state index is -4.03. The molecule has 2 rings (SSSR count). The summed E-state index contributed by atoms with van der Waals surface area (Å²) in [5.74, 6) is -0.914. The summed E-state index contributed by atoms with van der Waals surface area (Å²) >= 11 is 11.5. The smallest absolute Gasteiger partial charge is 0.257 e. The van der Waals surface area contributed by atoms with E-state index in [0.29, 0.717) is 6.42 Å². The number of benzene rings is 1. The minimum absolute atomic E-state index is 0.0533. The number of hydrogen-bond acceptors (Lipinski definition) is 5. The van der Waals surface area contributed by atoms with Crippen LogP contribution in [0.15, 0.2) is 23.1 Å². The van der Waals surface area contributed by atoms with Crippen molar-refractivity contribution in [2.75, 3.05) is 11.5 Å². The Morgan fingerprint density at radius 3 is 2.35 bits per heavy atom. The summed E-state index contributed by atoms with van der Waals surface area (Å²) in [7, 11) is -7.11. The molecule has 1 aromatic rings. The number of carbonyl (C=O) groups excluding carboxylic acids is 1. The van der Waals surface area contributed by atoms with Crippen LogP contribution >= 0.6 is 23.2 Å². The van der Waals surface area contributed by atoms with Gasteiger partial charge in [0.15, 0.2) is 9.84 Å². The van der Waals surface area contributed by atoms with Crippen molar-refractivity contribution in [3.05, 3.63) is 28.2 Å². The SMILES string of the molecule is O=C(C[C@@H]1CCS(=O)(=O)C1)NNS(=O)(=O)c1cc(Cl)cc(Cl)c1. The largest absolute Gasteiger partial charge is 0.278 e. The third-order valence-corrected chi connectivity index (χ3v) is 6.77. The minimum Gasteiger partial charge on any atom is -0.278 e. The first-order valence-corrected chi connectivity index (χ1v) is 10.6. The van der Waals surface area contributed by atoms with Gasteiger partial charge < -0.3 is 0 Å². The van der Waals surface area contributed by atoms with Crippen LogP contribution in [-0.2, 0) is 24.7 Å². The molecule has 0 spiro atoms. The lowest BCUT2D eigenvalue weighted by atomic mass is 10.1. The number of hydrazine groups is 1. The van der Waals surface area contributed by atoms with Gasteiger partial charge in [0.05, 0.1) is 16.4 Å². The quantitative estimate of drug-likeness (QED) is 0.719. The molecule has 0 aromatic heterocycles. The Hall–Kier alpha value is -0.870. The van der Waals surface area contributed by atoms with E-state index in [4.69, 9.17) is 23.2 Å². The molecule has 0 unspecified atom stereocenters. The van der Waals surface area contributed by atoms with Crippen molar-refractivity contribution in [1.29, 1.82) is 0 Å². The number of rotatable bonds is 5. The van der Waals surface area contributed by atoms with Crippen LogP contribution in [0.2, 0.25) is 10.0 Å². The fourth-order valence-electron chi connectivity index (χ4n) is 2.21. The molecule has 1 saturated heterocycles. The molecule has 0 saturated carbocycles. The molecule has 1 atom stereocenters. The zero-order valence-corrected chi connectivity index (χ0v) is 14.9. The molecule has 7 nitrogen and oxygen atoms in total. The molecule has 1 aliphatic heterocycles. The van der Waals surface area contributed by atoms with E-state index in [1.165, 1.54) is 18.2 Å². The number of halogens is 2. The number of amides is 1. The van der Waals surface area contributed by atoms with Gasteiger partial charge in [0.25, 0.3) is 10.0 Å². The second kappa shape index (κ2) is 6.94. The summed E-state index contributed by atoms with van der Waals surface area (Å²) in [6, 6.07) is 3.75. The first-order chi connectivity index (χ1) is 10.6. The summed E-state index contributed by atoms with van der Waals surface area (Å²) < 4.78 is 46.7. The van der Waals surface area contributed by atoms with Gasteiger partial charge in [0.2, 0.25) is 5.91 Å². The predicted octanol–water partition coefficient (Wildman–Crippen LogP) is 1.13. The highest BCUT2D eigenvalue weighted by molar-refractivity contribution is 7.91. The van der Waals surface area contributed by atoms with Crippen LogP contribution in [0.4, 0.5) is 0 Å². The Morgan fingerprint density at radius 2 is 1.83 bits per heavy atom. The van der Waals surface area contributed by atoms with E-state index in [2.05, 4.69) is 5.43 Å². The lowest BCUT2D eigenvalue weighted by Crippen LogP contribution is -2.42. The Balaban J connectivity index is 1.95. The van der Waals surface area contributed by atoms with E-state index in [0.717, 1.165) is 0 Å². The number of hydrogen-bond donors (Lipinski definition) is 2. The van der Waals surface area contributed by atoms with Gasteiger partial charge >= 0.3 is 0 Å². The highest BCUT2D eigenvalue weighted by Gasteiger charge is 2.29. The van der Waals surface area contributed by atoms with Crippen LogP contribution in [0.25, 0.3) is 0 Å². The van der Waals surface area contributed by atoms with Gasteiger partial charge in [0, 0.05) is 16.5 Å². The normalized spacial score (nSPS) is 20.3. The van der Waals surface area contributed by atoms with Gasteiger partial charge in [-0.05, 0) is 30.5 Å². The Bertz CT molecular complexity index is 804. The molecule has 11 heteroatoms. The van der Waals surface area contributed by atoms with Crippen LogP contribution in [0, 0.1) is 5.92 Å². The average molecular weight is 401 g/mol. The summed E-state index contributed by atoms with van der Waals surface area (Å²) in [6.07, 6.45) is 0.324. The molecule has 1 fully saturated rings. The lowest BCUT2D eigenvalue weighted by molar-refractivity contribution is -0.122. The zero-order chi connectivity index (χ0) is 17.3. The number of nitrogens with one attached hydrogen (secondary N) is 2. The number of sulfonamides is 1. The highest BCUT2D eigenvalue weighted by atomic mass is 35.5. The van der Waals surface area contributed by atoms with Crippen molar-refractivity contribution in [1.82, 2.24) is 10.3 Å². The number of carbonyl (C=O) groups is 1. The van der Waals surface area contributed by atoms with E-state index in [1.807, 2.05) is 4.83 Å². The van der Waals surface area contributed by atoms with E-state index in [1.54, 1.807) is 0 Å². The molecule has 128 valence electrons. The lowest BCUT2D eigenvalue weighted by Gasteiger charge is -2.11. The van der Waals surface area contributed by atoms with Crippen molar-refractivity contribution >= 4 is 49.0 Å². The Morgan fingerprint density at radius 1 is 1.22 bits per heavy atom. The van der Waals surface area contributed by atoms with E-state index in [9.17, 15) is 21.6 Å². The van der Waals surface area contributed by atoms with Crippen molar-refractivity contribution in [2.45, 2.75) is 17.7 Å². The van der Waals surface area contributed by atoms with E-state index < -0.39 is 25.8 Å². The van der Waals surface area contributed by atoms with Gasteiger partial charge in [-0.2, -0.15) is 0 Å². The first-order valence-electron chi connectivity index (χ1n) is 6.54. The van der Waals surface area contributed by atoms with Gasteiger partial charge in [0.1, 0.15) is 0 Å². The molecule has 0 bridgehead atoms. The molecular weight excluding hydrogens is 387 g/mol. The topological polar surface area (TPSA) is 109 Å². The van der Waals surface area contributed by atoms with Crippen LogP contribution in [0.3, 0.4) is 0 Å². The van der Waals surface area contributed by atoms with E-state index in [-0.39, 0.29) is 38.8 Å². The van der Waals surface area contributed by atoms with Gasteiger partial charge in [-0.25, -0.2) is 16.8 Å². The Kier molecular flexibility index (Phi) is 5.57. The molecular formula is C12H14Cl2N2O5S2. The maximum atomic E-state index is 12.0. The third-order valence-electron chi connectivity index (χ3n) is 3.27. The molecule has 0 radical (unpaired) electrons. The van der Waals surface area contributed by atoms with E-state index >= 15 is 0 Å². The summed E-state index contributed by atoms with van der Waals surface area (Å²) in [4.78, 5) is 13.5. The van der Waals surface area contributed by atoms with Crippen molar-refractivity contribution < 1.29 is 21.6 Å². The van der Waals surface area contributed by atoms with Crippen LogP contribution in [0.1, 0.15) is 12.8 Å². The van der Waals surface area contributed by atoms with Crippen molar-refractivity contribution in [3.63, 3.8) is 0 Å². The molecule has 1 aromatic carbocycles. The van der Waals surface area contributed by atoms with Crippen LogP contribution in [0.5, 0.6) is 0 Å². The maximum absolute atomic E-state index is 12.0. The fourth-order valence-corrected chi connectivity index (χ4v) is 5.66. The maximum Gasteiger partial charge on any atom is 0.257 e. The highest BCUT2D eigenvalue weighted by Crippen LogP contribution is 2.23. The molecule has 1 heterocycles. The number of sulfone groups is 1. The first kappa shape index (κ1) is 18.5. The summed E-state index contributed by atoms with van der Waals surface area (Å²) in [5, 5.41) is 0.278. The zero-order valence-electron chi connectivity index (χ0n) is 11.8. The average Bonchev–Trinajstić information content (AvgIpc) is 2.74. The van der Waals surface area contributed by atoms with Crippen molar-refractivity contribution in [2.24, 2.45) is 5.92 Å². The summed E-state index contributed by atoms with van der Waals surface area (Å²) in [6.45, 7) is 0. The molecule has 2 N–H and O–H groups in total. The Labute approximate surface area is 144 Å². The summed E-state index contributed by atoms with van der Waals surface area (Å²) in [5.41, 5.74) is 2.06. The van der Waals surface area contributed by atoms with Gasteiger partial charge in [-0.3, -0.25) is 10.2 Å². The third kappa shape index (κ3) is 5.32. The molecule has 0 aliphatic carbocycles. The monoisotopic (exact) mass is 400 g/mol. The van der Waals surface area contributed by atoms with Crippen LogP contribution in [-0.4, -0.2) is 34.2 Å². The van der Waals surface area contributed by atoms with Crippen molar-refractivity contribution in [3.8, 4) is 0 Å². The van der Waals surface area contributed by atoms with Gasteiger partial charge in [-0.1, -0.05) is 23.2 Å². The molecule has 1 aliphatic rings. The second-order valence-electron chi connectivity index (χ2n) is 5.23.